The first kappa shape index (κ1) is 20.4. The molecule has 5 aliphatic rings. The predicted molar refractivity (Wildman–Crippen MR) is 125 cm³/mol. The smallest absolute Gasteiger partial charge is 0.248 e. The maximum absolute atomic E-state index is 13.7. The number of amides is 3. The topological polar surface area (TPSA) is 66.5 Å². The van der Waals surface area contributed by atoms with E-state index in [1.807, 2.05) is 62.4 Å². The minimum absolute atomic E-state index is 0.145. The number of nitrogens with zero attached hydrogens (tertiary/aromatic N) is 1. The van der Waals surface area contributed by atoms with Gasteiger partial charge in [0.15, 0.2) is 0 Å². The van der Waals surface area contributed by atoms with Gasteiger partial charge < -0.3 is 5.32 Å². The molecule has 7 rings (SSSR count). The van der Waals surface area contributed by atoms with Crippen LogP contribution in [-0.2, 0) is 20.8 Å². The SMILES string of the molecule is Cc1ccc(NC(=O)[C@H](Cc2ccccc2)N2C(=O)[C@@H]3[C@H]4C=C[C@@H]([C@@H]5C[C@@H]45)[C@@H]3C2=O)cc1C. The molecular formula is C28H28N2O3. The Morgan fingerprint density at radius 1 is 0.939 bits per heavy atom. The molecule has 0 spiro atoms. The first-order valence-corrected chi connectivity index (χ1v) is 11.9. The average molecular weight is 441 g/mol. The zero-order chi connectivity index (χ0) is 22.9. The molecule has 5 nitrogen and oxygen atoms in total. The van der Waals surface area contributed by atoms with E-state index in [1.165, 1.54) is 4.90 Å². The van der Waals surface area contributed by atoms with Crippen molar-refractivity contribution in [1.29, 1.82) is 0 Å². The fraction of sp³-hybridized carbons (Fsp3) is 0.393. The van der Waals surface area contributed by atoms with Gasteiger partial charge in [0.25, 0.3) is 0 Å². The molecule has 1 N–H and O–H groups in total. The number of carbonyl (C=O) groups excluding carboxylic acids is 3. The second-order valence-corrected chi connectivity index (χ2v) is 10.2. The summed E-state index contributed by atoms with van der Waals surface area (Å²) in [4.78, 5) is 42.3. The van der Waals surface area contributed by atoms with Gasteiger partial charge in [-0.3, -0.25) is 19.3 Å². The van der Waals surface area contributed by atoms with Gasteiger partial charge in [-0.15, -0.1) is 0 Å². The third-order valence-electron chi connectivity index (χ3n) is 8.36. The number of hydrogen-bond donors (Lipinski definition) is 1. The summed E-state index contributed by atoms with van der Waals surface area (Å²) >= 11 is 0. The molecule has 2 aromatic carbocycles. The summed E-state index contributed by atoms with van der Waals surface area (Å²) in [5, 5.41) is 2.98. The summed E-state index contributed by atoms with van der Waals surface area (Å²) in [5.41, 5.74) is 3.83. The fourth-order valence-electron chi connectivity index (χ4n) is 6.47. The Bertz CT molecular complexity index is 1150. The van der Waals surface area contributed by atoms with Crippen LogP contribution in [0.25, 0.3) is 0 Å². The number of hydrogen-bond acceptors (Lipinski definition) is 3. The number of allylic oxidation sites excluding steroid dienone is 2. The molecule has 7 atom stereocenters. The van der Waals surface area contributed by atoms with E-state index in [0.717, 1.165) is 23.1 Å². The number of benzene rings is 2. The van der Waals surface area contributed by atoms with Crippen molar-refractivity contribution < 1.29 is 14.4 Å². The van der Waals surface area contributed by atoms with Crippen LogP contribution in [0.15, 0.2) is 60.7 Å². The van der Waals surface area contributed by atoms with Crippen molar-refractivity contribution in [2.24, 2.45) is 35.5 Å². The number of imide groups is 1. The molecule has 2 saturated carbocycles. The number of likely N-dealkylation sites (tertiary alicyclic amines) is 1. The van der Waals surface area contributed by atoms with Gasteiger partial charge in [0.1, 0.15) is 6.04 Å². The average Bonchev–Trinajstić information content (AvgIpc) is 3.59. The molecule has 0 radical (unpaired) electrons. The van der Waals surface area contributed by atoms with Crippen molar-refractivity contribution in [3.8, 4) is 0 Å². The van der Waals surface area contributed by atoms with Crippen LogP contribution in [0.5, 0.6) is 0 Å². The van der Waals surface area contributed by atoms with Gasteiger partial charge in [0.05, 0.1) is 11.8 Å². The van der Waals surface area contributed by atoms with Gasteiger partial charge in [-0.25, -0.2) is 0 Å². The molecular weight excluding hydrogens is 412 g/mol. The largest absolute Gasteiger partial charge is 0.324 e. The lowest BCUT2D eigenvalue weighted by Gasteiger charge is -2.37. The molecule has 2 bridgehead atoms. The number of anilines is 1. The maximum Gasteiger partial charge on any atom is 0.248 e. The molecule has 1 aliphatic heterocycles. The lowest BCUT2D eigenvalue weighted by atomic mass is 9.63. The van der Waals surface area contributed by atoms with Crippen LogP contribution in [0.1, 0.15) is 23.1 Å². The Kier molecular flexibility index (Phi) is 4.58. The Balaban J connectivity index is 1.33. The number of carbonyl (C=O) groups is 3. The number of nitrogens with one attached hydrogen (secondary N) is 1. The van der Waals surface area contributed by atoms with Gasteiger partial charge in [-0.2, -0.15) is 0 Å². The maximum atomic E-state index is 13.7. The van der Waals surface area contributed by atoms with E-state index in [-0.39, 0.29) is 41.4 Å². The van der Waals surface area contributed by atoms with Crippen molar-refractivity contribution in [3.63, 3.8) is 0 Å². The summed E-state index contributed by atoms with van der Waals surface area (Å²) in [5.74, 6) is 0.126. The van der Waals surface area contributed by atoms with Crippen LogP contribution in [-0.4, -0.2) is 28.7 Å². The van der Waals surface area contributed by atoms with E-state index < -0.39 is 6.04 Å². The third kappa shape index (κ3) is 3.17. The highest BCUT2D eigenvalue weighted by Gasteiger charge is 2.67. The molecule has 1 saturated heterocycles. The Morgan fingerprint density at radius 3 is 2.18 bits per heavy atom. The third-order valence-corrected chi connectivity index (χ3v) is 8.36. The first-order valence-electron chi connectivity index (χ1n) is 11.9. The van der Waals surface area contributed by atoms with E-state index in [1.54, 1.807) is 0 Å². The second-order valence-electron chi connectivity index (χ2n) is 10.2. The molecule has 0 unspecified atom stereocenters. The fourth-order valence-corrected chi connectivity index (χ4v) is 6.47. The van der Waals surface area contributed by atoms with Gasteiger partial charge in [-0.1, -0.05) is 48.6 Å². The molecule has 33 heavy (non-hydrogen) atoms. The van der Waals surface area contributed by atoms with Crippen molar-refractivity contribution in [2.45, 2.75) is 32.7 Å². The molecule has 5 heteroatoms. The highest BCUT2D eigenvalue weighted by atomic mass is 16.2. The summed E-state index contributed by atoms with van der Waals surface area (Å²) in [6, 6.07) is 14.5. The molecule has 2 aromatic rings. The van der Waals surface area contributed by atoms with Crippen LogP contribution in [0.3, 0.4) is 0 Å². The Labute approximate surface area is 193 Å². The zero-order valence-corrected chi connectivity index (χ0v) is 18.9. The predicted octanol–water partition coefficient (Wildman–Crippen LogP) is 3.91. The normalized spacial score (nSPS) is 31.9. The minimum Gasteiger partial charge on any atom is -0.324 e. The van der Waals surface area contributed by atoms with Gasteiger partial charge in [0, 0.05) is 12.1 Å². The zero-order valence-electron chi connectivity index (χ0n) is 18.9. The van der Waals surface area contributed by atoms with E-state index in [2.05, 4.69) is 17.5 Å². The van der Waals surface area contributed by atoms with E-state index in [0.29, 0.717) is 23.9 Å². The van der Waals surface area contributed by atoms with Crippen molar-refractivity contribution in [1.82, 2.24) is 4.90 Å². The molecule has 3 amide bonds. The molecule has 1 heterocycles. The summed E-state index contributed by atoms with van der Waals surface area (Å²) in [6.45, 7) is 4.02. The summed E-state index contributed by atoms with van der Waals surface area (Å²) in [6.07, 6.45) is 5.76. The van der Waals surface area contributed by atoms with Gasteiger partial charge in [0.2, 0.25) is 17.7 Å². The van der Waals surface area contributed by atoms with Crippen LogP contribution in [0.2, 0.25) is 0 Å². The summed E-state index contributed by atoms with van der Waals surface area (Å²) in [7, 11) is 0. The highest BCUT2D eigenvalue weighted by Crippen LogP contribution is 2.65. The van der Waals surface area contributed by atoms with E-state index in [9.17, 15) is 14.4 Å². The molecule has 0 aromatic heterocycles. The standard InChI is InChI=1S/C28H28N2O3/c1-15-8-9-18(12-16(15)2)29-26(31)23(13-17-6-4-3-5-7-17)30-27(32)24-19-10-11-20(22-14-21(19)22)25(24)28(30)33/h3-12,19-25H,13-14H2,1-2H3,(H,29,31)/t19-,20-,21-,22-,23-,24-,25+/m0/s1. The van der Waals surface area contributed by atoms with Gasteiger partial charge >= 0.3 is 0 Å². The summed E-state index contributed by atoms with van der Waals surface area (Å²) < 4.78 is 0. The Morgan fingerprint density at radius 2 is 1.58 bits per heavy atom. The minimum atomic E-state index is -0.865. The number of rotatable bonds is 5. The molecule has 168 valence electrons. The van der Waals surface area contributed by atoms with E-state index in [4.69, 9.17) is 0 Å². The quantitative estimate of drug-likeness (QED) is 0.566. The Hall–Kier alpha value is -3.21. The van der Waals surface area contributed by atoms with Crippen molar-refractivity contribution in [3.05, 3.63) is 77.4 Å². The molecule has 4 aliphatic carbocycles. The van der Waals surface area contributed by atoms with Gasteiger partial charge in [-0.05, 0) is 72.8 Å². The monoisotopic (exact) mass is 440 g/mol. The van der Waals surface area contributed by atoms with Crippen LogP contribution in [0.4, 0.5) is 5.69 Å². The lowest BCUT2D eigenvalue weighted by molar-refractivity contribution is -0.146. The van der Waals surface area contributed by atoms with Crippen molar-refractivity contribution in [2.75, 3.05) is 5.32 Å². The lowest BCUT2D eigenvalue weighted by Crippen LogP contribution is -2.49. The highest BCUT2D eigenvalue weighted by molar-refractivity contribution is 6.10. The van der Waals surface area contributed by atoms with Crippen molar-refractivity contribution >= 4 is 23.4 Å². The van der Waals surface area contributed by atoms with E-state index >= 15 is 0 Å². The first-order chi connectivity index (χ1) is 15.9. The second kappa shape index (κ2) is 7.41. The number of aryl methyl sites for hydroxylation is 2. The van der Waals surface area contributed by atoms with Crippen LogP contribution in [0, 0.1) is 49.4 Å². The van der Waals surface area contributed by atoms with Crippen LogP contribution >= 0.6 is 0 Å². The van der Waals surface area contributed by atoms with Crippen LogP contribution < -0.4 is 5.32 Å². The molecule has 3 fully saturated rings.